The van der Waals surface area contributed by atoms with Gasteiger partial charge in [0.05, 0.1) is 18.0 Å². The second kappa shape index (κ2) is 7.27. The van der Waals surface area contributed by atoms with Crippen LogP contribution in [0.25, 0.3) is 10.9 Å². The minimum Gasteiger partial charge on any atom is -0.497 e. The predicted octanol–water partition coefficient (Wildman–Crippen LogP) is 3.44. The van der Waals surface area contributed by atoms with E-state index in [0.29, 0.717) is 12.5 Å². The molecule has 0 radical (unpaired) electrons. The molecule has 6 nitrogen and oxygen atoms in total. The first-order chi connectivity index (χ1) is 11.7. The highest BCUT2D eigenvalue weighted by Crippen LogP contribution is 2.25. The summed E-state index contributed by atoms with van der Waals surface area (Å²) in [6.45, 7) is 0.330. The quantitative estimate of drug-likeness (QED) is 0.694. The van der Waals surface area contributed by atoms with Gasteiger partial charge in [-0.15, -0.1) is 0 Å². The molecule has 2 aromatic carbocycles. The van der Waals surface area contributed by atoms with E-state index in [1.165, 1.54) is 6.33 Å². The molecule has 124 valence electrons. The van der Waals surface area contributed by atoms with Crippen molar-refractivity contribution in [1.29, 1.82) is 4.78 Å². The van der Waals surface area contributed by atoms with Gasteiger partial charge in [0.1, 0.15) is 18.7 Å². The Morgan fingerprint density at radius 3 is 2.75 bits per heavy atom. The molecular weight excluding hydrogens is 326 g/mol. The second-order valence-corrected chi connectivity index (χ2v) is 6.14. The number of nitrogens with one attached hydrogen (secondary N) is 1. The van der Waals surface area contributed by atoms with Gasteiger partial charge >= 0.3 is 0 Å². The van der Waals surface area contributed by atoms with Crippen molar-refractivity contribution in [2.24, 2.45) is 0 Å². The Bertz CT molecular complexity index is 933. The largest absolute Gasteiger partial charge is 0.497 e. The SMILES string of the molecule is COc1ccc2c(OCc3cccc(C[S-](=N)=O)c3)ncnc2c1. The summed E-state index contributed by atoms with van der Waals surface area (Å²) in [5, 5.41) is 0.807. The second-order valence-electron chi connectivity index (χ2n) is 5.16. The molecule has 3 aromatic rings. The number of hydrogen-bond donors (Lipinski definition) is 1. The van der Waals surface area contributed by atoms with Crippen LogP contribution in [0.4, 0.5) is 0 Å². The van der Waals surface area contributed by atoms with Crippen molar-refractivity contribution in [2.45, 2.75) is 12.4 Å². The summed E-state index contributed by atoms with van der Waals surface area (Å²) in [5.41, 5.74) is 2.53. The zero-order valence-electron chi connectivity index (χ0n) is 13.1. The molecule has 0 saturated heterocycles. The van der Waals surface area contributed by atoms with E-state index >= 15 is 0 Å². The van der Waals surface area contributed by atoms with Crippen molar-refractivity contribution < 1.29 is 13.7 Å². The van der Waals surface area contributed by atoms with Crippen LogP contribution in [0.1, 0.15) is 11.1 Å². The first-order valence-corrected chi connectivity index (χ1v) is 8.56. The number of rotatable bonds is 6. The summed E-state index contributed by atoms with van der Waals surface area (Å²) in [4.78, 5) is 8.42. The van der Waals surface area contributed by atoms with Crippen molar-refractivity contribution in [2.75, 3.05) is 7.11 Å². The molecule has 0 bridgehead atoms. The van der Waals surface area contributed by atoms with E-state index in [1.807, 2.05) is 42.5 Å². The molecule has 1 heterocycles. The van der Waals surface area contributed by atoms with Gasteiger partial charge in [0.15, 0.2) is 0 Å². The Labute approximate surface area is 141 Å². The first kappa shape index (κ1) is 16.2. The van der Waals surface area contributed by atoms with E-state index in [9.17, 15) is 4.21 Å². The molecular formula is C17H16N3O3S-. The number of ether oxygens (including phenoxy) is 2. The molecule has 0 spiro atoms. The van der Waals surface area contributed by atoms with Gasteiger partial charge in [-0.3, -0.25) is 0 Å². The van der Waals surface area contributed by atoms with Crippen molar-refractivity contribution in [1.82, 2.24) is 9.97 Å². The van der Waals surface area contributed by atoms with Gasteiger partial charge in [-0.1, -0.05) is 35.6 Å². The molecule has 0 amide bonds. The van der Waals surface area contributed by atoms with E-state index in [1.54, 1.807) is 7.11 Å². The van der Waals surface area contributed by atoms with Gasteiger partial charge in [0.25, 0.3) is 0 Å². The van der Waals surface area contributed by atoms with E-state index in [-0.39, 0.29) is 5.75 Å². The molecule has 7 heteroatoms. The van der Waals surface area contributed by atoms with Crippen LogP contribution in [-0.4, -0.2) is 17.1 Å². The fraction of sp³-hybridized carbons (Fsp3) is 0.176. The van der Waals surface area contributed by atoms with E-state index in [4.69, 9.17) is 14.3 Å². The van der Waals surface area contributed by atoms with Crippen LogP contribution in [0, 0.1) is 4.78 Å². The van der Waals surface area contributed by atoms with Gasteiger partial charge in [-0.2, -0.15) is 10.6 Å². The van der Waals surface area contributed by atoms with Crippen molar-refractivity contribution in [3.63, 3.8) is 0 Å². The topological polar surface area (TPSA) is 85.2 Å². The molecule has 24 heavy (non-hydrogen) atoms. The first-order valence-electron chi connectivity index (χ1n) is 7.24. The third-order valence-corrected chi connectivity index (χ3v) is 4.07. The number of benzene rings is 2. The maximum atomic E-state index is 11.0. The van der Waals surface area contributed by atoms with E-state index in [0.717, 1.165) is 27.8 Å². The molecule has 0 aliphatic carbocycles. The Balaban J connectivity index is 1.81. The zero-order chi connectivity index (χ0) is 16.9. The summed E-state index contributed by atoms with van der Waals surface area (Å²) in [6.07, 6.45) is 1.46. The minimum atomic E-state index is -1.61. The van der Waals surface area contributed by atoms with Crippen molar-refractivity contribution in [3.05, 3.63) is 59.9 Å². The number of methoxy groups -OCH3 is 1. The Hall–Kier alpha value is -2.67. The Morgan fingerprint density at radius 1 is 1.12 bits per heavy atom. The fourth-order valence-electron chi connectivity index (χ4n) is 2.37. The highest BCUT2D eigenvalue weighted by atomic mass is 32.2. The average Bonchev–Trinajstić information content (AvgIpc) is 2.59. The lowest BCUT2D eigenvalue weighted by Gasteiger charge is -2.10. The molecule has 0 saturated carbocycles. The summed E-state index contributed by atoms with van der Waals surface area (Å²) >= 11 is 0. The van der Waals surface area contributed by atoms with Gasteiger partial charge in [-0.05, 0) is 17.7 Å². The molecule has 1 aromatic heterocycles. The Kier molecular flexibility index (Phi) is 4.90. The van der Waals surface area contributed by atoms with Gasteiger partial charge in [0.2, 0.25) is 5.88 Å². The standard InChI is InChI=1S/C17H16N3O3S/c1-22-14-5-6-15-16(8-14)19-11-20-17(15)23-9-12-3-2-4-13(7-12)10-24(18)21/h2-8,11,18H,9-10H2,1H3/q-1. The fourth-order valence-corrected chi connectivity index (χ4v) is 2.85. The van der Waals surface area contributed by atoms with E-state index in [2.05, 4.69) is 9.97 Å². The number of aromatic nitrogens is 2. The minimum absolute atomic E-state index is 0.212. The maximum absolute atomic E-state index is 11.0. The summed E-state index contributed by atoms with van der Waals surface area (Å²) < 4.78 is 29.2. The van der Waals surface area contributed by atoms with Crippen molar-refractivity contribution >= 4 is 21.5 Å². The highest BCUT2D eigenvalue weighted by molar-refractivity contribution is 7.72. The van der Waals surface area contributed by atoms with Crippen LogP contribution in [0.5, 0.6) is 11.6 Å². The molecule has 0 aliphatic heterocycles. The van der Waals surface area contributed by atoms with Crippen LogP contribution < -0.4 is 9.47 Å². The van der Waals surface area contributed by atoms with Crippen LogP contribution in [-0.2, 0) is 27.2 Å². The maximum Gasteiger partial charge on any atom is 0.224 e. The summed E-state index contributed by atoms with van der Waals surface area (Å²) in [5.74, 6) is 1.43. The monoisotopic (exact) mass is 342 g/mol. The Morgan fingerprint density at radius 2 is 1.96 bits per heavy atom. The van der Waals surface area contributed by atoms with Gasteiger partial charge in [0, 0.05) is 6.07 Å². The lowest BCUT2D eigenvalue weighted by Crippen LogP contribution is -1.99. The molecule has 0 unspecified atom stereocenters. The lowest BCUT2D eigenvalue weighted by atomic mass is 10.1. The average molecular weight is 342 g/mol. The van der Waals surface area contributed by atoms with Crippen LogP contribution in [0.3, 0.4) is 0 Å². The van der Waals surface area contributed by atoms with Crippen LogP contribution >= 0.6 is 0 Å². The summed E-state index contributed by atoms with van der Waals surface area (Å²) in [7, 11) is -0.00209. The van der Waals surface area contributed by atoms with Crippen LogP contribution in [0.15, 0.2) is 48.8 Å². The predicted molar refractivity (Wildman–Crippen MR) is 91.3 cm³/mol. The smallest absolute Gasteiger partial charge is 0.224 e. The number of fused-ring (bicyclic) bond motifs is 1. The molecule has 3 rings (SSSR count). The third kappa shape index (κ3) is 3.80. The molecule has 1 N–H and O–H groups in total. The number of hydrogen-bond acceptors (Lipinski definition) is 7. The number of nitrogens with zero attached hydrogens (tertiary/aromatic N) is 2. The normalized spacial score (nSPS) is 10.9. The zero-order valence-corrected chi connectivity index (χ0v) is 13.9. The lowest BCUT2D eigenvalue weighted by molar-refractivity contribution is 0.297. The van der Waals surface area contributed by atoms with Crippen LogP contribution in [0.2, 0.25) is 0 Å². The molecule has 0 fully saturated rings. The van der Waals surface area contributed by atoms with E-state index < -0.39 is 10.6 Å². The molecule has 0 aliphatic rings. The van der Waals surface area contributed by atoms with Gasteiger partial charge < -0.3 is 18.5 Å². The van der Waals surface area contributed by atoms with Crippen molar-refractivity contribution in [3.8, 4) is 11.6 Å². The third-order valence-electron chi connectivity index (χ3n) is 3.47. The molecule has 0 atom stereocenters. The summed E-state index contributed by atoms with van der Waals surface area (Å²) in [6, 6.07) is 13.0. The highest BCUT2D eigenvalue weighted by Gasteiger charge is 2.06. The van der Waals surface area contributed by atoms with Gasteiger partial charge in [-0.25, -0.2) is 9.97 Å².